The van der Waals surface area contributed by atoms with Crippen LogP contribution in [0.5, 0.6) is 11.5 Å². The van der Waals surface area contributed by atoms with Crippen LogP contribution in [0.3, 0.4) is 0 Å². The van der Waals surface area contributed by atoms with Gasteiger partial charge in [-0.25, -0.2) is 4.79 Å². The van der Waals surface area contributed by atoms with Gasteiger partial charge in [-0.1, -0.05) is 6.07 Å². The van der Waals surface area contributed by atoms with Crippen molar-refractivity contribution < 1.29 is 29.0 Å². The quantitative estimate of drug-likeness (QED) is 0.353. The van der Waals surface area contributed by atoms with Gasteiger partial charge in [0.2, 0.25) is 5.91 Å². The summed E-state index contributed by atoms with van der Waals surface area (Å²) in [5.74, 6) is -0.314. The standard InChI is InChI=1S/C28H39N3O6S/c1-17-15-18(9-14-22(17)32)23(24(33)29-19-10-12-20(36-8)13-11-19)31(27(2,3)4)25(34)21(16-38)30-26(35)37-28(5,6)7/h9-15,21,23,32,38H,16H2,1-8H3,(H,29,33)(H,30,35). The second-order valence-electron chi connectivity index (χ2n) is 10.9. The van der Waals surface area contributed by atoms with Gasteiger partial charge in [-0.05, 0) is 96.0 Å². The SMILES string of the molecule is COc1ccc(NC(=O)C(c2ccc(O)c(C)c2)N(C(=O)C(CS)NC(=O)OC(C)(C)C)C(C)(C)C)cc1. The number of hydrogen-bond donors (Lipinski definition) is 4. The number of carbonyl (C=O) groups excluding carboxylic acids is 3. The Balaban J connectivity index is 2.55. The molecule has 38 heavy (non-hydrogen) atoms. The maximum atomic E-state index is 14.0. The molecule has 0 heterocycles. The summed E-state index contributed by atoms with van der Waals surface area (Å²) in [5.41, 5.74) is -0.0760. The maximum Gasteiger partial charge on any atom is 0.408 e. The number of anilines is 1. The molecule has 3 N–H and O–H groups in total. The lowest BCUT2D eigenvalue weighted by Gasteiger charge is -2.43. The number of phenolic OH excluding ortho intramolecular Hbond substituents is 1. The summed E-state index contributed by atoms with van der Waals surface area (Å²) in [7, 11) is 1.55. The Kier molecular flexibility index (Phi) is 10.1. The molecule has 0 saturated carbocycles. The van der Waals surface area contributed by atoms with Crippen LogP contribution in [0.2, 0.25) is 0 Å². The van der Waals surface area contributed by atoms with E-state index < -0.39 is 41.1 Å². The average molecular weight is 546 g/mol. The third-order valence-electron chi connectivity index (χ3n) is 5.53. The summed E-state index contributed by atoms with van der Waals surface area (Å²) in [6.07, 6.45) is -0.765. The first kappa shape index (κ1) is 30.8. The lowest BCUT2D eigenvalue weighted by Crippen LogP contribution is -2.58. The minimum Gasteiger partial charge on any atom is -0.508 e. The highest BCUT2D eigenvalue weighted by molar-refractivity contribution is 7.80. The van der Waals surface area contributed by atoms with E-state index in [9.17, 15) is 19.5 Å². The number of aryl methyl sites for hydroxylation is 1. The first-order valence-corrected chi connectivity index (χ1v) is 12.9. The second-order valence-corrected chi connectivity index (χ2v) is 11.3. The number of nitrogens with one attached hydrogen (secondary N) is 2. The molecule has 3 amide bonds. The summed E-state index contributed by atoms with van der Waals surface area (Å²) < 4.78 is 10.5. The molecule has 0 aromatic heterocycles. The first-order valence-electron chi connectivity index (χ1n) is 12.3. The number of aromatic hydroxyl groups is 1. The van der Waals surface area contributed by atoms with Gasteiger partial charge in [-0.15, -0.1) is 0 Å². The zero-order valence-corrected chi connectivity index (χ0v) is 24.2. The normalized spacial score (nSPS) is 13.2. The van der Waals surface area contributed by atoms with Gasteiger partial charge in [0.1, 0.15) is 29.2 Å². The van der Waals surface area contributed by atoms with Crippen LogP contribution in [0.1, 0.15) is 58.7 Å². The molecule has 2 rings (SSSR count). The van der Waals surface area contributed by atoms with Crippen molar-refractivity contribution >= 4 is 36.2 Å². The van der Waals surface area contributed by atoms with Crippen LogP contribution in [0, 0.1) is 6.92 Å². The topological polar surface area (TPSA) is 117 Å². The number of ether oxygens (including phenoxy) is 2. The number of methoxy groups -OCH3 is 1. The van der Waals surface area contributed by atoms with E-state index in [-0.39, 0.29) is 11.5 Å². The maximum absolute atomic E-state index is 14.0. The van der Waals surface area contributed by atoms with E-state index in [1.807, 2.05) is 0 Å². The van der Waals surface area contributed by atoms with Crippen LogP contribution < -0.4 is 15.4 Å². The number of benzene rings is 2. The number of alkyl carbamates (subject to hydrolysis) is 1. The fourth-order valence-electron chi connectivity index (χ4n) is 3.80. The summed E-state index contributed by atoms with van der Waals surface area (Å²) in [5, 5.41) is 15.6. The number of amides is 3. The van der Waals surface area contributed by atoms with Crippen LogP contribution in [0.25, 0.3) is 0 Å². The fraction of sp³-hybridized carbons (Fsp3) is 0.464. The molecule has 2 aromatic carbocycles. The molecular formula is C28H39N3O6S. The number of carbonyl (C=O) groups is 3. The Morgan fingerprint density at radius 1 is 1.03 bits per heavy atom. The Morgan fingerprint density at radius 3 is 2.11 bits per heavy atom. The molecule has 0 aliphatic heterocycles. The van der Waals surface area contributed by atoms with E-state index in [1.54, 1.807) is 92.0 Å². The van der Waals surface area contributed by atoms with E-state index in [0.29, 0.717) is 22.6 Å². The fourth-order valence-corrected chi connectivity index (χ4v) is 4.05. The highest BCUT2D eigenvalue weighted by Crippen LogP contribution is 2.33. The molecule has 0 saturated heterocycles. The molecule has 2 unspecified atom stereocenters. The molecule has 2 aromatic rings. The van der Waals surface area contributed by atoms with Crippen molar-refractivity contribution in [2.24, 2.45) is 0 Å². The number of hydrogen-bond acceptors (Lipinski definition) is 7. The van der Waals surface area contributed by atoms with E-state index in [4.69, 9.17) is 9.47 Å². The van der Waals surface area contributed by atoms with Crippen LogP contribution in [-0.2, 0) is 14.3 Å². The molecule has 0 aliphatic rings. The van der Waals surface area contributed by atoms with Gasteiger partial charge in [0.25, 0.3) is 5.91 Å². The monoisotopic (exact) mass is 545 g/mol. The van der Waals surface area contributed by atoms with Gasteiger partial charge in [-0.3, -0.25) is 9.59 Å². The number of thiol groups is 1. The molecule has 2 atom stereocenters. The highest BCUT2D eigenvalue weighted by atomic mass is 32.1. The zero-order valence-electron chi connectivity index (χ0n) is 23.3. The van der Waals surface area contributed by atoms with E-state index in [1.165, 1.54) is 11.0 Å². The molecule has 0 radical (unpaired) electrons. The van der Waals surface area contributed by atoms with Gasteiger partial charge < -0.3 is 30.1 Å². The highest BCUT2D eigenvalue weighted by Gasteiger charge is 2.41. The molecule has 10 heteroatoms. The van der Waals surface area contributed by atoms with Crippen molar-refractivity contribution in [3.63, 3.8) is 0 Å². The van der Waals surface area contributed by atoms with Crippen molar-refractivity contribution in [2.75, 3.05) is 18.2 Å². The summed E-state index contributed by atoms with van der Waals surface area (Å²) in [6.45, 7) is 12.3. The molecule has 0 spiro atoms. The van der Waals surface area contributed by atoms with Crippen LogP contribution in [0.4, 0.5) is 10.5 Å². The van der Waals surface area contributed by atoms with E-state index in [0.717, 1.165) is 0 Å². The Morgan fingerprint density at radius 2 is 1.63 bits per heavy atom. The average Bonchev–Trinajstić information content (AvgIpc) is 2.80. The van der Waals surface area contributed by atoms with Crippen molar-refractivity contribution in [3.8, 4) is 11.5 Å². The zero-order chi connectivity index (χ0) is 28.8. The number of rotatable bonds is 8. The molecular weight excluding hydrogens is 506 g/mol. The van der Waals surface area contributed by atoms with Crippen molar-refractivity contribution in [1.29, 1.82) is 0 Å². The molecule has 0 bridgehead atoms. The van der Waals surface area contributed by atoms with Gasteiger partial charge in [0.15, 0.2) is 0 Å². The molecule has 0 aliphatic carbocycles. The Hall–Kier alpha value is -3.40. The van der Waals surface area contributed by atoms with E-state index in [2.05, 4.69) is 23.3 Å². The summed E-state index contributed by atoms with van der Waals surface area (Å²) >= 11 is 4.30. The van der Waals surface area contributed by atoms with Gasteiger partial charge in [0.05, 0.1) is 7.11 Å². The van der Waals surface area contributed by atoms with E-state index >= 15 is 0 Å². The van der Waals surface area contributed by atoms with Gasteiger partial charge in [-0.2, -0.15) is 12.6 Å². The second kappa shape index (κ2) is 12.4. The molecule has 0 fully saturated rings. The number of phenols is 1. The largest absolute Gasteiger partial charge is 0.508 e. The van der Waals surface area contributed by atoms with Crippen LogP contribution >= 0.6 is 12.6 Å². The third kappa shape index (κ3) is 8.31. The van der Waals surface area contributed by atoms with Crippen molar-refractivity contribution in [2.45, 2.75) is 71.7 Å². The lowest BCUT2D eigenvalue weighted by atomic mass is 9.94. The first-order chi connectivity index (χ1) is 17.6. The Labute approximate surface area is 230 Å². The Bertz CT molecular complexity index is 1140. The molecule has 208 valence electrons. The minimum atomic E-state index is -1.10. The minimum absolute atomic E-state index is 0.0217. The predicted octanol–water partition coefficient (Wildman–Crippen LogP) is 4.84. The summed E-state index contributed by atoms with van der Waals surface area (Å²) in [4.78, 5) is 41.8. The van der Waals surface area contributed by atoms with Crippen LogP contribution in [-0.4, -0.2) is 58.0 Å². The number of nitrogens with zero attached hydrogens (tertiary/aromatic N) is 1. The van der Waals surface area contributed by atoms with Crippen molar-refractivity contribution in [1.82, 2.24) is 10.2 Å². The summed E-state index contributed by atoms with van der Waals surface area (Å²) in [6, 6.07) is 9.39. The predicted molar refractivity (Wildman–Crippen MR) is 151 cm³/mol. The van der Waals surface area contributed by atoms with Crippen LogP contribution in [0.15, 0.2) is 42.5 Å². The van der Waals surface area contributed by atoms with Gasteiger partial charge >= 0.3 is 6.09 Å². The third-order valence-corrected chi connectivity index (χ3v) is 5.90. The molecule has 9 nitrogen and oxygen atoms in total. The smallest absolute Gasteiger partial charge is 0.408 e. The lowest BCUT2D eigenvalue weighted by molar-refractivity contribution is -0.146. The van der Waals surface area contributed by atoms with Crippen molar-refractivity contribution in [3.05, 3.63) is 53.6 Å². The van der Waals surface area contributed by atoms with Gasteiger partial charge in [0, 0.05) is 17.0 Å².